The van der Waals surface area contributed by atoms with E-state index in [1.54, 1.807) is 13.0 Å². The lowest BCUT2D eigenvalue weighted by atomic mass is 10.2. The Morgan fingerprint density at radius 3 is 2.85 bits per heavy atom. The van der Waals surface area contributed by atoms with Gasteiger partial charge in [-0.15, -0.1) is 11.3 Å². The van der Waals surface area contributed by atoms with Gasteiger partial charge in [-0.2, -0.15) is 5.10 Å². The van der Waals surface area contributed by atoms with Gasteiger partial charge in [0.1, 0.15) is 4.83 Å². The molecule has 1 aromatic carbocycles. The second-order valence-corrected chi connectivity index (χ2v) is 7.28. The monoisotopic (exact) mass is 368 g/mol. The maximum Gasteiger partial charge on any atom is 0.360 e. The highest BCUT2D eigenvalue weighted by Gasteiger charge is 2.21. The Labute approximate surface area is 152 Å². The van der Waals surface area contributed by atoms with Crippen LogP contribution in [0, 0.1) is 13.8 Å². The summed E-state index contributed by atoms with van der Waals surface area (Å²) in [5.74, 6) is -0.256. The van der Waals surface area contributed by atoms with Crippen LogP contribution >= 0.6 is 11.3 Å². The predicted octanol–water partition coefficient (Wildman–Crippen LogP) is 3.40. The fraction of sp³-hybridized carbons (Fsp3) is 0.222. The molecule has 0 bridgehead atoms. The van der Waals surface area contributed by atoms with Gasteiger partial charge in [-0.05, 0) is 32.4 Å². The molecule has 0 fully saturated rings. The minimum Gasteiger partial charge on any atom is -0.450 e. The van der Waals surface area contributed by atoms with E-state index in [9.17, 15) is 9.59 Å². The Kier molecular flexibility index (Phi) is 3.84. The third kappa shape index (κ3) is 2.59. The summed E-state index contributed by atoms with van der Waals surface area (Å²) in [5, 5.41) is 8.11. The van der Waals surface area contributed by atoms with Crippen molar-refractivity contribution in [3.63, 3.8) is 0 Å². The van der Waals surface area contributed by atoms with E-state index in [0.29, 0.717) is 21.4 Å². The zero-order chi connectivity index (χ0) is 18.4. The number of para-hydroxylation sites is 1. The fourth-order valence-electron chi connectivity index (χ4n) is 2.86. The van der Waals surface area contributed by atoms with Crippen LogP contribution in [-0.4, -0.2) is 26.1 Å². The Hall–Kier alpha value is -3.00. The van der Waals surface area contributed by atoms with Gasteiger partial charge in [0.2, 0.25) is 0 Å². The first-order valence-electron chi connectivity index (χ1n) is 8.09. The number of nitrogens with one attached hydrogen (secondary N) is 2. The largest absolute Gasteiger partial charge is 0.450 e. The van der Waals surface area contributed by atoms with Crippen molar-refractivity contribution < 1.29 is 9.53 Å². The third-order valence-electron chi connectivity index (χ3n) is 4.39. The smallest absolute Gasteiger partial charge is 0.360 e. The number of aromatic nitrogens is 4. The summed E-state index contributed by atoms with van der Waals surface area (Å²) in [6.07, 6.45) is -0.710. The van der Waals surface area contributed by atoms with Crippen LogP contribution in [0.3, 0.4) is 0 Å². The molecule has 3 aromatic heterocycles. The molecular formula is C18H16N4O3S. The SMILES string of the molecule is Cc1sc2nc(C(C)OC(=O)c3n[nH]c4ccccc34)[nH]c(=O)c2c1C. The zero-order valence-corrected chi connectivity index (χ0v) is 15.2. The minimum absolute atomic E-state index is 0.207. The van der Waals surface area contributed by atoms with E-state index in [-0.39, 0.29) is 11.3 Å². The molecule has 1 unspecified atom stereocenters. The van der Waals surface area contributed by atoms with Crippen molar-refractivity contribution in [2.24, 2.45) is 0 Å². The molecule has 7 nitrogen and oxygen atoms in total. The topological polar surface area (TPSA) is 101 Å². The van der Waals surface area contributed by atoms with Crippen molar-refractivity contribution in [3.8, 4) is 0 Å². The molecule has 0 aliphatic heterocycles. The number of ether oxygens (including phenoxy) is 1. The number of rotatable bonds is 3. The van der Waals surface area contributed by atoms with Gasteiger partial charge in [-0.1, -0.05) is 18.2 Å². The molecule has 3 heterocycles. The number of benzene rings is 1. The van der Waals surface area contributed by atoms with Crippen LogP contribution in [0.4, 0.5) is 0 Å². The van der Waals surface area contributed by atoms with E-state index in [1.807, 2.05) is 32.0 Å². The average Bonchev–Trinajstić information content (AvgIpc) is 3.16. The Morgan fingerprint density at radius 1 is 1.27 bits per heavy atom. The molecule has 2 N–H and O–H groups in total. The number of carbonyl (C=O) groups excluding carboxylic acids is 1. The maximum atomic E-state index is 12.5. The van der Waals surface area contributed by atoms with Crippen LogP contribution in [0.15, 0.2) is 29.1 Å². The molecule has 0 amide bonds. The standard InChI is InChI=1S/C18H16N4O3S/c1-8-10(3)26-17-13(8)16(23)19-15(20-17)9(2)25-18(24)14-11-6-4-5-7-12(11)21-22-14/h4-7,9H,1-3H3,(H,21,22)(H,19,20,23). The first-order valence-corrected chi connectivity index (χ1v) is 8.91. The number of aromatic amines is 2. The van der Waals surface area contributed by atoms with Crippen molar-refractivity contribution in [2.45, 2.75) is 26.9 Å². The van der Waals surface area contributed by atoms with Gasteiger partial charge in [-0.3, -0.25) is 9.89 Å². The second kappa shape index (κ2) is 6.06. The number of aryl methyl sites for hydroxylation is 2. The van der Waals surface area contributed by atoms with Gasteiger partial charge in [0.05, 0.1) is 10.9 Å². The second-order valence-electron chi connectivity index (χ2n) is 6.08. The van der Waals surface area contributed by atoms with E-state index in [0.717, 1.165) is 16.0 Å². The van der Waals surface area contributed by atoms with Crippen molar-refractivity contribution in [2.75, 3.05) is 0 Å². The summed E-state index contributed by atoms with van der Waals surface area (Å²) in [6.45, 7) is 5.52. The summed E-state index contributed by atoms with van der Waals surface area (Å²) in [6, 6.07) is 7.31. The number of carbonyl (C=O) groups is 1. The van der Waals surface area contributed by atoms with Gasteiger partial charge in [0.25, 0.3) is 5.56 Å². The highest BCUT2D eigenvalue weighted by molar-refractivity contribution is 7.18. The van der Waals surface area contributed by atoms with Crippen LogP contribution in [-0.2, 0) is 4.74 Å². The molecule has 26 heavy (non-hydrogen) atoms. The minimum atomic E-state index is -0.710. The molecule has 0 saturated carbocycles. The van der Waals surface area contributed by atoms with E-state index >= 15 is 0 Å². The lowest BCUT2D eigenvalue weighted by Crippen LogP contribution is -2.17. The number of hydrogen-bond donors (Lipinski definition) is 2. The molecule has 8 heteroatoms. The number of hydrogen-bond acceptors (Lipinski definition) is 6. The third-order valence-corrected chi connectivity index (χ3v) is 5.49. The molecule has 132 valence electrons. The molecular weight excluding hydrogens is 352 g/mol. The summed E-state index contributed by atoms with van der Waals surface area (Å²) < 4.78 is 5.48. The van der Waals surface area contributed by atoms with Gasteiger partial charge in [0.15, 0.2) is 17.6 Å². The van der Waals surface area contributed by atoms with Crippen molar-refractivity contribution in [1.29, 1.82) is 0 Å². The van der Waals surface area contributed by atoms with E-state index in [1.165, 1.54) is 11.3 Å². The van der Waals surface area contributed by atoms with E-state index in [2.05, 4.69) is 20.2 Å². The summed E-state index contributed by atoms with van der Waals surface area (Å²) in [5.41, 5.74) is 1.67. The first-order chi connectivity index (χ1) is 12.5. The van der Waals surface area contributed by atoms with Crippen LogP contribution in [0.25, 0.3) is 21.1 Å². The average molecular weight is 368 g/mol. The van der Waals surface area contributed by atoms with Gasteiger partial charge < -0.3 is 9.72 Å². The number of H-pyrrole nitrogens is 2. The molecule has 0 radical (unpaired) electrons. The summed E-state index contributed by atoms with van der Waals surface area (Å²) in [4.78, 5) is 33.8. The lowest BCUT2D eigenvalue weighted by molar-refractivity contribution is 0.0315. The van der Waals surface area contributed by atoms with Crippen molar-refractivity contribution in [1.82, 2.24) is 20.2 Å². The summed E-state index contributed by atoms with van der Waals surface area (Å²) in [7, 11) is 0. The Bertz CT molecular complexity index is 1200. The highest BCUT2D eigenvalue weighted by Crippen LogP contribution is 2.27. The van der Waals surface area contributed by atoms with Crippen LogP contribution in [0.2, 0.25) is 0 Å². The summed E-state index contributed by atoms with van der Waals surface area (Å²) >= 11 is 1.45. The highest BCUT2D eigenvalue weighted by atomic mass is 32.1. The molecule has 0 spiro atoms. The van der Waals surface area contributed by atoms with Crippen LogP contribution < -0.4 is 5.56 Å². The Balaban J connectivity index is 1.66. The van der Waals surface area contributed by atoms with Crippen LogP contribution in [0.1, 0.15) is 39.8 Å². The van der Waals surface area contributed by atoms with E-state index in [4.69, 9.17) is 4.74 Å². The molecule has 1 atom stereocenters. The molecule has 4 aromatic rings. The first kappa shape index (κ1) is 16.5. The number of thiophene rings is 1. The van der Waals surface area contributed by atoms with Crippen LogP contribution in [0.5, 0.6) is 0 Å². The fourth-order valence-corrected chi connectivity index (χ4v) is 3.89. The molecule has 4 rings (SSSR count). The quantitative estimate of drug-likeness (QED) is 0.540. The predicted molar refractivity (Wildman–Crippen MR) is 99.6 cm³/mol. The van der Waals surface area contributed by atoms with E-state index < -0.39 is 12.1 Å². The lowest BCUT2D eigenvalue weighted by Gasteiger charge is -2.11. The molecule has 0 aliphatic carbocycles. The van der Waals surface area contributed by atoms with Crippen molar-refractivity contribution >= 4 is 38.4 Å². The van der Waals surface area contributed by atoms with Gasteiger partial charge in [-0.25, -0.2) is 9.78 Å². The number of nitrogens with zero attached hydrogens (tertiary/aromatic N) is 2. The Morgan fingerprint density at radius 2 is 2.04 bits per heavy atom. The van der Waals surface area contributed by atoms with Gasteiger partial charge in [0, 0.05) is 10.3 Å². The number of esters is 1. The maximum absolute atomic E-state index is 12.5. The van der Waals surface area contributed by atoms with Gasteiger partial charge >= 0.3 is 5.97 Å². The normalized spacial score (nSPS) is 12.6. The zero-order valence-electron chi connectivity index (χ0n) is 14.4. The molecule has 0 aliphatic rings. The molecule has 0 saturated heterocycles. The van der Waals surface area contributed by atoms with Crippen molar-refractivity contribution in [3.05, 3.63) is 56.6 Å². The number of fused-ring (bicyclic) bond motifs is 2.